The zero-order valence-electron chi connectivity index (χ0n) is 11.8. The molecule has 0 amide bonds. The van der Waals surface area contributed by atoms with Crippen LogP contribution < -0.4 is 0 Å². The molecule has 0 fully saturated rings. The summed E-state index contributed by atoms with van der Waals surface area (Å²) in [6.07, 6.45) is 0. The first-order valence-electron chi connectivity index (χ1n) is 6.49. The molecule has 0 aliphatic heterocycles. The van der Waals surface area contributed by atoms with Crippen molar-refractivity contribution in [3.63, 3.8) is 0 Å². The first-order chi connectivity index (χ1) is 9.30. The molecule has 2 aromatic carbocycles. The van der Waals surface area contributed by atoms with Gasteiger partial charge in [-0.25, -0.2) is 0 Å². The molecule has 0 nitrogen and oxygen atoms in total. The van der Waals surface area contributed by atoms with E-state index in [1.54, 1.807) is 0 Å². The molecular weight excluding hydrogens is 355 g/mol. The van der Waals surface area contributed by atoms with Gasteiger partial charge >= 0.3 is 0 Å². The van der Waals surface area contributed by atoms with Crippen LogP contribution in [-0.4, -0.2) is 0 Å². The van der Waals surface area contributed by atoms with Crippen LogP contribution in [-0.2, 0) is 5.41 Å². The maximum Gasteiger partial charge on any atom is 0.0648 e. The molecule has 0 saturated carbocycles. The third kappa shape index (κ3) is 3.39. The lowest BCUT2D eigenvalue weighted by molar-refractivity contribution is 0.584. The highest BCUT2D eigenvalue weighted by Gasteiger charge is 2.22. The van der Waals surface area contributed by atoms with Gasteiger partial charge in [-0.2, -0.15) is 0 Å². The smallest absolute Gasteiger partial charge is 0.0648 e. The maximum absolute atomic E-state index is 6.12. The van der Waals surface area contributed by atoms with Crippen molar-refractivity contribution in [2.45, 2.75) is 31.0 Å². The molecule has 0 aliphatic carbocycles. The van der Waals surface area contributed by atoms with Crippen LogP contribution in [0.5, 0.6) is 0 Å². The van der Waals surface area contributed by atoms with Gasteiger partial charge < -0.3 is 0 Å². The van der Waals surface area contributed by atoms with E-state index in [9.17, 15) is 0 Å². The Morgan fingerprint density at radius 3 is 2.20 bits per heavy atom. The highest BCUT2D eigenvalue weighted by molar-refractivity contribution is 9.09. The van der Waals surface area contributed by atoms with E-state index >= 15 is 0 Å². The lowest BCUT2D eigenvalue weighted by atomic mass is 9.82. The zero-order valence-corrected chi connectivity index (χ0v) is 14.9. The summed E-state index contributed by atoms with van der Waals surface area (Å²) in [5.74, 6) is 0. The minimum Gasteiger partial charge on any atom is -0.0827 e. The minimum absolute atomic E-state index is 0.0961. The lowest BCUT2D eigenvalue weighted by Crippen LogP contribution is -2.15. The van der Waals surface area contributed by atoms with Crippen molar-refractivity contribution in [3.05, 3.63) is 69.2 Å². The number of rotatable bonds is 2. The van der Waals surface area contributed by atoms with Gasteiger partial charge in [-0.15, -0.1) is 0 Å². The van der Waals surface area contributed by atoms with Crippen molar-refractivity contribution < 1.29 is 0 Å². The topological polar surface area (TPSA) is 0 Å². The van der Waals surface area contributed by atoms with Gasteiger partial charge in [0.15, 0.2) is 0 Å². The molecule has 0 saturated heterocycles. The van der Waals surface area contributed by atoms with Crippen LogP contribution in [0.3, 0.4) is 0 Å². The molecule has 2 aromatic rings. The SMILES string of the molecule is CC(C)(C)c1ccccc1C(Br)c1ccc(Cl)c(Cl)c1. The van der Waals surface area contributed by atoms with Gasteiger partial charge in [-0.05, 0) is 34.2 Å². The van der Waals surface area contributed by atoms with E-state index < -0.39 is 0 Å². The fourth-order valence-corrected chi connectivity index (χ4v) is 3.24. The van der Waals surface area contributed by atoms with Crippen LogP contribution in [0.4, 0.5) is 0 Å². The molecule has 0 aromatic heterocycles. The van der Waals surface area contributed by atoms with E-state index in [4.69, 9.17) is 23.2 Å². The number of benzene rings is 2. The van der Waals surface area contributed by atoms with Crippen LogP contribution in [0.2, 0.25) is 10.0 Å². The fraction of sp³-hybridized carbons (Fsp3) is 0.294. The maximum atomic E-state index is 6.12. The summed E-state index contributed by atoms with van der Waals surface area (Å²) in [6.45, 7) is 6.67. The first kappa shape index (κ1) is 15.9. The Morgan fingerprint density at radius 1 is 0.950 bits per heavy atom. The van der Waals surface area contributed by atoms with Crippen molar-refractivity contribution in [2.75, 3.05) is 0 Å². The highest BCUT2D eigenvalue weighted by Crippen LogP contribution is 2.39. The minimum atomic E-state index is 0.0961. The Bertz CT molecular complexity index is 615. The van der Waals surface area contributed by atoms with E-state index in [1.807, 2.05) is 18.2 Å². The predicted octanol–water partition coefficient (Wildman–Crippen LogP) is 6.78. The van der Waals surface area contributed by atoms with E-state index in [0.717, 1.165) is 5.56 Å². The average Bonchev–Trinajstić information content (AvgIpc) is 2.40. The molecule has 0 heterocycles. The Kier molecular flexibility index (Phi) is 4.84. The van der Waals surface area contributed by atoms with Gasteiger partial charge in [-0.1, -0.05) is 90.2 Å². The van der Waals surface area contributed by atoms with Gasteiger partial charge in [-0.3, -0.25) is 0 Å². The number of hydrogen-bond acceptors (Lipinski definition) is 0. The second-order valence-corrected chi connectivity index (χ2v) is 7.60. The molecule has 0 bridgehead atoms. The van der Waals surface area contributed by atoms with E-state index in [1.165, 1.54) is 11.1 Å². The molecule has 1 atom stereocenters. The summed E-state index contributed by atoms with van der Waals surface area (Å²) in [7, 11) is 0. The second kappa shape index (κ2) is 6.09. The molecule has 2 rings (SSSR count). The van der Waals surface area contributed by atoms with Gasteiger partial charge in [0.2, 0.25) is 0 Å². The number of halogens is 3. The van der Waals surface area contributed by atoms with Crippen LogP contribution in [0.15, 0.2) is 42.5 Å². The predicted molar refractivity (Wildman–Crippen MR) is 92.4 cm³/mol. The molecule has 0 spiro atoms. The van der Waals surface area contributed by atoms with Gasteiger partial charge in [0.1, 0.15) is 0 Å². The summed E-state index contributed by atoms with van der Waals surface area (Å²) in [4.78, 5) is 0.104. The summed E-state index contributed by atoms with van der Waals surface area (Å²) in [6, 6.07) is 14.3. The normalized spacial score (nSPS) is 13.3. The third-order valence-corrected chi connectivity index (χ3v) is 5.04. The Hall–Kier alpha value is -0.500. The zero-order chi connectivity index (χ0) is 14.9. The van der Waals surface area contributed by atoms with E-state index in [-0.39, 0.29) is 10.2 Å². The van der Waals surface area contributed by atoms with Crippen LogP contribution in [0.1, 0.15) is 42.3 Å². The van der Waals surface area contributed by atoms with Crippen molar-refractivity contribution in [2.24, 2.45) is 0 Å². The largest absolute Gasteiger partial charge is 0.0827 e. The van der Waals surface area contributed by atoms with Crippen molar-refractivity contribution in [1.29, 1.82) is 0 Å². The first-order valence-corrected chi connectivity index (χ1v) is 8.16. The van der Waals surface area contributed by atoms with E-state index in [2.05, 4.69) is 61.0 Å². The van der Waals surface area contributed by atoms with Gasteiger partial charge in [0.25, 0.3) is 0 Å². The molecule has 20 heavy (non-hydrogen) atoms. The summed E-state index contributed by atoms with van der Waals surface area (Å²) < 4.78 is 0. The second-order valence-electron chi connectivity index (χ2n) is 5.87. The van der Waals surface area contributed by atoms with Crippen LogP contribution >= 0.6 is 39.1 Å². The van der Waals surface area contributed by atoms with E-state index in [0.29, 0.717) is 10.0 Å². The van der Waals surface area contributed by atoms with Crippen LogP contribution in [0.25, 0.3) is 0 Å². The molecule has 0 radical (unpaired) electrons. The van der Waals surface area contributed by atoms with Crippen molar-refractivity contribution in [1.82, 2.24) is 0 Å². The molecule has 1 unspecified atom stereocenters. The summed E-state index contributed by atoms with van der Waals surface area (Å²) in [5, 5.41) is 1.17. The van der Waals surface area contributed by atoms with Gasteiger partial charge in [0, 0.05) is 0 Å². The molecule has 3 heteroatoms. The monoisotopic (exact) mass is 370 g/mol. The fourth-order valence-electron chi connectivity index (χ4n) is 2.25. The van der Waals surface area contributed by atoms with Gasteiger partial charge in [0.05, 0.1) is 14.9 Å². The Balaban J connectivity index is 2.48. The van der Waals surface area contributed by atoms with Crippen molar-refractivity contribution >= 4 is 39.1 Å². The third-order valence-electron chi connectivity index (χ3n) is 3.28. The molecule has 0 aliphatic rings. The van der Waals surface area contributed by atoms with Crippen molar-refractivity contribution in [3.8, 4) is 0 Å². The quantitative estimate of drug-likeness (QED) is 0.510. The average molecular weight is 372 g/mol. The highest BCUT2D eigenvalue weighted by atomic mass is 79.9. The Morgan fingerprint density at radius 2 is 1.60 bits per heavy atom. The molecule has 106 valence electrons. The molecule has 0 N–H and O–H groups in total. The molecular formula is C17H17BrCl2. The summed E-state index contributed by atoms with van der Waals surface area (Å²) >= 11 is 15.9. The standard InChI is InChI=1S/C17H17BrCl2/c1-17(2,3)13-7-5-4-6-12(13)16(18)11-8-9-14(19)15(20)10-11/h4-10,16H,1-3H3. The lowest BCUT2D eigenvalue weighted by Gasteiger charge is -2.25. The number of hydrogen-bond donors (Lipinski definition) is 0. The summed E-state index contributed by atoms with van der Waals surface area (Å²) in [5.41, 5.74) is 3.79. The Labute approximate surface area is 139 Å². The van der Waals surface area contributed by atoms with Crippen LogP contribution in [0, 0.1) is 0 Å². The number of alkyl halides is 1.